The number of hydrogen-bond acceptors (Lipinski definition) is 4. The molecule has 3 aromatic rings. The summed E-state index contributed by atoms with van der Waals surface area (Å²) in [6, 6.07) is 14.2. The molecule has 1 N–H and O–H groups in total. The van der Waals surface area contributed by atoms with Crippen molar-refractivity contribution in [2.75, 3.05) is 5.32 Å². The minimum Gasteiger partial charge on any atom is -0.403 e. The van der Waals surface area contributed by atoms with E-state index in [0.717, 1.165) is 12.8 Å². The van der Waals surface area contributed by atoms with E-state index in [1.54, 1.807) is 36.4 Å². The first-order chi connectivity index (χ1) is 11.2. The van der Waals surface area contributed by atoms with Crippen LogP contribution in [0.4, 0.5) is 5.69 Å². The van der Waals surface area contributed by atoms with Gasteiger partial charge in [-0.25, -0.2) is 9.78 Å². The molecule has 1 saturated carbocycles. The molecule has 1 amide bonds. The van der Waals surface area contributed by atoms with E-state index in [4.69, 9.17) is 4.42 Å². The summed E-state index contributed by atoms with van der Waals surface area (Å²) in [6.07, 6.45) is 1.90. The summed E-state index contributed by atoms with van der Waals surface area (Å²) in [6.45, 7) is 0. The van der Waals surface area contributed by atoms with Gasteiger partial charge in [0, 0.05) is 17.2 Å². The minimum atomic E-state index is -0.419. The lowest BCUT2D eigenvalue weighted by atomic mass is 10.2. The van der Waals surface area contributed by atoms with Gasteiger partial charge in [0.1, 0.15) is 0 Å². The van der Waals surface area contributed by atoms with Crippen LogP contribution in [-0.4, -0.2) is 10.9 Å². The summed E-state index contributed by atoms with van der Waals surface area (Å²) in [4.78, 5) is 28.3. The molecule has 1 aromatic heterocycles. The van der Waals surface area contributed by atoms with Gasteiger partial charge in [0.25, 0.3) is 0 Å². The van der Waals surface area contributed by atoms with E-state index in [1.165, 1.54) is 0 Å². The molecule has 0 atom stereocenters. The van der Waals surface area contributed by atoms with Crippen molar-refractivity contribution in [2.24, 2.45) is 5.92 Å². The van der Waals surface area contributed by atoms with E-state index in [9.17, 15) is 9.59 Å². The Bertz CT molecular complexity index is 958. The third kappa shape index (κ3) is 2.73. The molecule has 5 nitrogen and oxygen atoms in total. The van der Waals surface area contributed by atoms with Crippen LogP contribution < -0.4 is 10.9 Å². The monoisotopic (exact) mass is 306 g/mol. The third-order valence-electron chi connectivity index (χ3n) is 3.86. The quantitative estimate of drug-likeness (QED) is 0.806. The molecule has 4 rings (SSSR count). The van der Waals surface area contributed by atoms with Gasteiger partial charge in [0.15, 0.2) is 0 Å². The highest BCUT2D eigenvalue weighted by molar-refractivity contribution is 5.94. The number of carbonyl (C=O) groups excluding carboxylic acids is 1. The number of anilines is 1. The van der Waals surface area contributed by atoms with E-state index >= 15 is 0 Å². The molecule has 2 aromatic carbocycles. The second-order valence-electron chi connectivity index (χ2n) is 5.67. The smallest absolute Gasteiger partial charge is 0.347 e. The van der Waals surface area contributed by atoms with Crippen LogP contribution in [0.25, 0.3) is 22.4 Å². The number of carbonyl (C=O) groups is 1. The Hall–Kier alpha value is -2.95. The Kier molecular flexibility index (Phi) is 3.19. The predicted octanol–water partition coefficient (Wildman–Crippen LogP) is 3.20. The fourth-order valence-electron chi connectivity index (χ4n) is 2.46. The molecule has 1 heterocycles. The van der Waals surface area contributed by atoms with Crippen LogP contribution in [0.2, 0.25) is 0 Å². The van der Waals surface area contributed by atoms with E-state index in [0.29, 0.717) is 22.2 Å². The third-order valence-corrected chi connectivity index (χ3v) is 3.86. The molecular weight excluding hydrogens is 292 g/mol. The molecule has 5 heteroatoms. The summed E-state index contributed by atoms with van der Waals surface area (Å²) < 4.78 is 5.32. The standard InChI is InChI=1S/C18H14N2O3/c21-16(11-8-9-11)19-13-5-3-4-12(10-13)17-20-15-7-2-1-6-14(15)18(22)23-17/h1-7,10-11H,8-9H2,(H,19,21). The van der Waals surface area contributed by atoms with Crippen molar-refractivity contribution >= 4 is 22.5 Å². The number of para-hydroxylation sites is 1. The molecule has 23 heavy (non-hydrogen) atoms. The summed E-state index contributed by atoms with van der Waals surface area (Å²) in [5.41, 5.74) is 1.50. The van der Waals surface area contributed by atoms with Crippen molar-refractivity contribution in [3.8, 4) is 11.5 Å². The van der Waals surface area contributed by atoms with Gasteiger partial charge in [0.2, 0.25) is 11.8 Å². The summed E-state index contributed by atoms with van der Waals surface area (Å²) in [7, 11) is 0. The van der Waals surface area contributed by atoms with Gasteiger partial charge in [-0.2, -0.15) is 0 Å². The average Bonchev–Trinajstić information content (AvgIpc) is 3.40. The number of amides is 1. The zero-order valence-corrected chi connectivity index (χ0v) is 12.3. The number of aromatic nitrogens is 1. The Morgan fingerprint density at radius 1 is 1.13 bits per heavy atom. The van der Waals surface area contributed by atoms with Crippen molar-refractivity contribution in [3.63, 3.8) is 0 Å². The molecule has 0 spiro atoms. The van der Waals surface area contributed by atoms with Crippen LogP contribution >= 0.6 is 0 Å². The fraction of sp³-hybridized carbons (Fsp3) is 0.167. The van der Waals surface area contributed by atoms with E-state index in [-0.39, 0.29) is 17.7 Å². The number of nitrogens with zero attached hydrogens (tertiary/aromatic N) is 1. The lowest BCUT2D eigenvalue weighted by Crippen LogP contribution is -2.13. The normalized spacial score (nSPS) is 13.9. The highest BCUT2D eigenvalue weighted by Gasteiger charge is 2.29. The van der Waals surface area contributed by atoms with Crippen LogP contribution in [0.1, 0.15) is 12.8 Å². The highest BCUT2D eigenvalue weighted by Crippen LogP contribution is 2.30. The SMILES string of the molecule is O=C(Nc1cccc(-c2nc3ccccc3c(=O)o2)c1)C1CC1. The maximum absolute atomic E-state index is 12.1. The zero-order valence-electron chi connectivity index (χ0n) is 12.3. The van der Waals surface area contributed by atoms with Crippen molar-refractivity contribution in [1.29, 1.82) is 0 Å². The van der Waals surface area contributed by atoms with E-state index < -0.39 is 5.63 Å². The van der Waals surface area contributed by atoms with Crippen LogP contribution in [-0.2, 0) is 4.79 Å². The van der Waals surface area contributed by atoms with Gasteiger partial charge in [-0.05, 0) is 43.2 Å². The van der Waals surface area contributed by atoms with Gasteiger partial charge in [0.05, 0.1) is 10.9 Å². The number of benzene rings is 2. The molecule has 0 unspecified atom stereocenters. The maximum atomic E-state index is 12.1. The first-order valence-electron chi connectivity index (χ1n) is 7.52. The first-order valence-corrected chi connectivity index (χ1v) is 7.52. The number of nitrogens with one attached hydrogen (secondary N) is 1. The van der Waals surface area contributed by atoms with Crippen LogP contribution in [0.5, 0.6) is 0 Å². The minimum absolute atomic E-state index is 0.0371. The molecule has 0 bridgehead atoms. The maximum Gasteiger partial charge on any atom is 0.347 e. The molecule has 1 aliphatic carbocycles. The summed E-state index contributed by atoms with van der Waals surface area (Å²) in [5, 5.41) is 3.33. The molecule has 0 aliphatic heterocycles. The van der Waals surface area contributed by atoms with Crippen LogP contribution in [0.3, 0.4) is 0 Å². The lowest BCUT2D eigenvalue weighted by molar-refractivity contribution is -0.117. The molecule has 1 aliphatic rings. The summed E-state index contributed by atoms with van der Waals surface area (Å²) in [5.74, 6) is 0.418. The topological polar surface area (TPSA) is 72.2 Å². The molecular formula is C18H14N2O3. The zero-order chi connectivity index (χ0) is 15.8. The second kappa shape index (κ2) is 5.35. The van der Waals surface area contributed by atoms with Gasteiger partial charge >= 0.3 is 5.63 Å². The Morgan fingerprint density at radius 3 is 2.78 bits per heavy atom. The average molecular weight is 306 g/mol. The van der Waals surface area contributed by atoms with Gasteiger partial charge < -0.3 is 9.73 Å². The van der Waals surface area contributed by atoms with Gasteiger partial charge in [-0.3, -0.25) is 4.79 Å². The van der Waals surface area contributed by atoms with Crippen molar-refractivity contribution < 1.29 is 9.21 Å². The molecule has 0 saturated heterocycles. The van der Waals surface area contributed by atoms with Crippen molar-refractivity contribution in [1.82, 2.24) is 4.98 Å². The van der Waals surface area contributed by atoms with E-state index in [1.807, 2.05) is 12.1 Å². The Labute approximate surface area is 132 Å². The van der Waals surface area contributed by atoms with Crippen molar-refractivity contribution in [3.05, 3.63) is 59.0 Å². The number of rotatable bonds is 3. The van der Waals surface area contributed by atoms with Crippen LogP contribution in [0, 0.1) is 5.92 Å². The van der Waals surface area contributed by atoms with Crippen LogP contribution in [0.15, 0.2) is 57.7 Å². The first kappa shape index (κ1) is 13.7. The number of fused-ring (bicyclic) bond motifs is 1. The lowest BCUT2D eigenvalue weighted by Gasteiger charge is -2.06. The fourth-order valence-corrected chi connectivity index (χ4v) is 2.46. The van der Waals surface area contributed by atoms with E-state index in [2.05, 4.69) is 10.3 Å². The van der Waals surface area contributed by atoms with Gasteiger partial charge in [-0.15, -0.1) is 0 Å². The van der Waals surface area contributed by atoms with Gasteiger partial charge in [-0.1, -0.05) is 18.2 Å². The largest absolute Gasteiger partial charge is 0.403 e. The molecule has 114 valence electrons. The second-order valence-corrected chi connectivity index (χ2v) is 5.67. The Morgan fingerprint density at radius 2 is 1.96 bits per heavy atom. The number of hydrogen-bond donors (Lipinski definition) is 1. The van der Waals surface area contributed by atoms with Crippen molar-refractivity contribution in [2.45, 2.75) is 12.8 Å². The summed E-state index contributed by atoms with van der Waals surface area (Å²) >= 11 is 0. The highest BCUT2D eigenvalue weighted by atomic mass is 16.4. The molecule has 0 radical (unpaired) electrons. The Balaban J connectivity index is 1.72. The molecule has 1 fully saturated rings. The predicted molar refractivity (Wildman–Crippen MR) is 87.1 cm³/mol.